The third-order valence-corrected chi connectivity index (χ3v) is 6.37. The van der Waals surface area contributed by atoms with Gasteiger partial charge in [-0.05, 0) is 17.2 Å². The zero-order chi connectivity index (χ0) is 28.3. The molecule has 39 heavy (non-hydrogen) atoms. The number of ether oxygens (including phenoxy) is 1. The fourth-order valence-corrected chi connectivity index (χ4v) is 4.20. The number of fused-ring (bicyclic) bond motifs is 1. The number of carboxylic acid groups (broad SMARTS) is 1. The summed E-state index contributed by atoms with van der Waals surface area (Å²) in [5.74, 6) is -12.2. The van der Waals surface area contributed by atoms with Gasteiger partial charge in [-0.25, -0.2) is 8.78 Å². The molecule has 1 amide bonds. The van der Waals surface area contributed by atoms with E-state index in [2.05, 4.69) is 15.2 Å². The first-order valence-electron chi connectivity index (χ1n) is 11.8. The van der Waals surface area contributed by atoms with Gasteiger partial charge in [-0.2, -0.15) is 8.78 Å². The van der Waals surface area contributed by atoms with Gasteiger partial charge in [0.2, 0.25) is 17.2 Å². The third kappa shape index (κ3) is 5.54. The summed E-state index contributed by atoms with van der Waals surface area (Å²) in [4.78, 5) is 42.9. The first-order valence-corrected chi connectivity index (χ1v) is 11.8. The smallest absolute Gasteiger partial charge is 0.305 e. The monoisotopic (exact) mass is 546 g/mol. The van der Waals surface area contributed by atoms with E-state index in [0.717, 1.165) is 16.3 Å². The molecule has 1 aliphatic heterocycles. The Kier molecular flexibility index (Phi) is 7.84. The molecule has 0 saturated carbocycles. The van der Waals surface area contributed by atoms with Crippen LogP contribution in [0.15, 0.2) is 53.7 Å². The quantitative estimate of drug-likeness (QED) is 0.290. The van der Waals surface area contributed by atoms with Crippen LogP contribution in [0.2, 0.25) is 0 Å². The first kappa shape index (κ1) is 27.6. The summed E-state index contributed by atoms with van der Waals surface area (Å²) in [5.41, 5.74) is -0.379. The van der Waals surface area contributed by atoms with Crippen molar-refractivity contribution >= 4 is 34.1 Å². The number of Topliss-reactive ketones (excluding diaryl/α,β-unsaturated/α-hetero) is 1. The van der Waals surface area contributed by atoms with E-state index in [1.165, 1.54) is 0 Å². The van der Waals surface area contributed by atoms with E-state index < -0.39 is 71.3 Å². The maximum atomic E-state index is 13.9. The maximum Gasteiger partial charge on any atom is 0.305 e. The maximum absolute atomic E-state index is 13.9. The molecule has 0 aliphatic carbocycles. The van der Waals surface area contributed by atoms with Crippen molar-refractivity contribution in [2.45, 2.75) is 37.8 Å². The summed E-state index contributed by atoms with van der Waals surface area (Å²) in [6.45, 7) is 0.453. The number of aliphatic carboxylic acids is 1. The molecule has 204 valence electrons. The molecule has 0 bridgehead atoms. The number of oxime groups is 1. The van der Waals surface area contributed by atoms with Crippen LogP contribution in [0.4, 0.5) is 17.6 Å². The van der Waals surface area contributed by atoms with E-state index in [4.69, 9.17) is 4.84 Å². The van der Waals surface area contributed by atoms with Gasteiger partial charge in [0.15, 0.2) is 23.2 Å². The lowest BCUT2D eigenvalue weighted by atomic mass is 9.89. The van der Waals surface area contributed by atoms with E-state index in [1.807, 2.05) is 42.5 Å². The average Bonchev–Trinajstić information content (AvgIpc) is 3.36. The highest BCUT2D eigenvalue weighted by atomic mass is 19.2. The number of halogens is 4. The second-order valence-corrected chi connectivity index (χ2v) is 8.86. The van der Waals surface area contributed by atoms with Gasteiger partial charge in [0.05, 0.1) is 12.1 Å². The minimum Gasteiger partial charge on any atom is -0.481 e. The fourth-order valence-electron chi connectivity index (χ4n) is 4.20. The topological polar surface area (TPSA) is 114 Å². The van der Waals surface area contributed by atoms with Crippen molar-refractivity contribution in [3.05, 3.63) is 77.4 Å². The highest BCUT2D eigenvalue weighted by Crippen LogP contribution is 2.33. The van der Waals surface area contributed by atoms with Crippen molar-refractivity contribution in [1.82, 2.24) is 5.32 Å². The average molecular weight is 546 g/mol. The number of hydrogen-bond donors (Lipinski definition) is 2. The second-order valence-electron chi connectivity index (χ2n) is 8.86. The number of benzene rings is 3. The van der Waals surface area contributed by atoms with Crippen molar-refractivity contribution in [3.63, 3.8) is 0 Å². The highest BCUT2D eigenvalue weighted by Gasteiger charge is 2.46. The van der Waals surface area contributed by atoms with Crippen LogP contribution in [0.3, 0.4) is 0 Å². The summed E-state index contributed by atoms with van der Waals surface area (Å²) in [6, 6.07) is 11.3. The van der Waals surface area contributed by atoms with Crippen LogP contribution in [-0.2, 0) is 19.2 Å². The molecule has 8 nitrogen and oxygen atoms in total. The van der Waals surface area contributed by atoms with Gasteiger partial charge in [0, 0.05) is 18.1 Å². The molecule has 4 rings (SSSR count). The standard InChI is InChI=1S/C27H22F4N2O6/c1-2-27(12-20(33-39-27)16-9-5-7-14-6-3-4-8-15(14)16)26(37)32-19(11-22(35)36)21(34)13-38-25-23(30)17(28)10-18(29)24(25)31/h3-10,19H,2,11-13H2,1H3,(H,32,37)(H,35,36)/t19-,27?/m0/s1. The lowest BCUT2D eigenvalue weighted by Gasteiger charge is -2.26. The Bertz CT molecular complexity index is 1460. The first-order chi connectivity index (χ1) is 18.6. The van der Waals surface area contributed by atoms with Gasteiger partial charge in [-0.3, -0.25) is 14.4 Å². The van der Waals surface area contributed by atoms with Crippen molar-refractivity contribution < 1.29 is 46.6 Å². The van der Waals surface area contributed by atoms with Crippen LogP contribution in [0.25, 0.3) is 10.8 Å². The summed E-state index contributed by atoms with van der Waals surface area (Å²) < 4.78 is 59.3. The normalized spacial score (nSPS) is 17.3. The molecule has 1 aliphatic rings. The third-order valence-electron chi connectivity index (χ3n) is 6.37. The van der Waals surface area contributed by atoms with Crippen LogP contribution >= 0.6 is 0 Å². The number of carbonyl (C=O) groups is 3. The van der Waals surface area contributed by atoms with Crippen LogP contribution < -0.4 is 10.1 Å². The Balaban J connectivity index is 1.51. The van der Waals surface area contributed by atoms with E-state index in [0.29, 0.717) is 5.71 Å². The van der Waals surface area contributed by atoms with Crippen molar-refractivity contribution in [3.8, 4) is 5.75 Å². The molecule has 2 atom stereocenters. The molecular weight excluding hydrogens is 524 g/mol. The van der Waals surface area contributed by atoms with E-state index in [1.54, 1.807) is 6.92 Å². The van der Waals surface area contributed by atoms with Crippen molar-refractivity contribution in [2.24, 2.45) is 5.16 Å². The number of carboxylic acids is 1. The molecule has 0 fully saturated rings. The van der Waals surface area contributed by atoms with Crippen molar-refractivity contribution in [1.29, 1.82) is 0 Å². The lowest BCUT2D eigenvalue weighted by molar-refractivity contribution is -0.148. The predicted molar refractivity (Wildman–Crippen MR) is 130 cm³/mol. The van der Waals surface area contributed by atoms with E-state index in [9.17, 15) is 37.1 Å². The van der Waals surface area contributed by atoms with E-state index >= 15 is 0 Å². The second kappa shape index (κ2) is 11.1. The minimum atomic E-state index is -1.87. The van der Waals surface area contributed by atoms with Crippen LogP contribution in [0.1, 0.15) is 31.7 Å². The molecule has 2 N–H and O–H groups in total. The number of hydrogen-bond acceptors (Lipinski definition) is 6. The molecule has 0 spiro atoms. The molecule has 1 heterocycles. The van der Waals surface area contributed by atoms with Gasteiger partial charge in [-0.15, -0.1) is 0 Å². The Hall–Kier alpha value is -4.48. The molecule has 3 aromatic rings. The van der Waals surface area contributed by atoms with Gasteiger partial charge < -0.3 is 20.0 Å². The molecule has 1 unspecified atom stereocenters. The summed E-state index contributed by atoms with van der Waals surface area (Å²) in [6.07, 6.45) is -0.805. The van der Waals surface area contributed by atoms with Gasteiger partial charge >= 0.3 is 5.97 Å². The number of rotatable bonds is 10. The number of nitrogens with one attached hydrogen (secondary N) is 1. The predicted octanol–water partition coefficient (Wildman–Crippen LogP) is 4.28. The fraction of sp³-hybridized carbons (Fsp3) is 0.259. The number of carbonyl (C=O) groups excluding carboxylic acids is 2. The Morgan fingerprint density at radius 2 is 1.74 bits per heavy atom. The molecule has 12 heteroatoms. The lowest BCUT2D eigenvalue weighted by Crippen LogP contribution is -2.53. The molecular formula is C27H22F4N2O6. The van der Waals surface area contributed by atoms with Gasteiger partial charge in [0.25, 0.3) is 5.91 Å². The Morgan fingerprint density at radius 3 is 2.41 bits per heavy atom. The SMILES string of the molecule is CCC1(C(=O)N[C@@H](CC(=O)O)C(=O)COc2c(F)c(F)cc(F)c2F)CC(c2cccc3ccccc23)=NO1. The minimum absolute atomic E-state index is 0.00676. The van der Waals surface area contributed by atoms with Crippen LogP contribution in [-0.4, -0.2) is 46.7 Å². The van der Waals surface area contributed by atoms with Gasteiger partial charge in [-0.1, -0.05) is 54.5 Å². The highest BCUT2D eigenvalue weighted by molar-refractivity contribution is 6.13. The van der Waals surface area contributed by atoms with Crippen LogP contribution in [0.5, 0.6) is 5.75 Å². The molecule has 0 aromatic heterocycles. The zero-order valence-corrected chi connectivity index (χ0v) is 20.5. The molecule has 3 aromatic carbocycles. The Labute approximate surface area is 219 Å². The number of ketones is 1. The molecule has 0 saturated heterocycles. The summed E-state index contributed by atoms with van der Waals surface area (Å²) in [7, 11) is 0. The Morgan fingerprint density at radius 1 is 1.08 bits per heavy atom. The number of amides is 1. The molecule has 0 radical (unpaired) electrons. The largest absolute Gasteiger partial charge is 0.481 e. The van der Waals surface area contributed by atoms with Gasteiger partial charge in [0.1, 0.15) is 12.6 Å². The van der Waals surface area contributed by atoms with E-state index in [-0.39, 0.29) is 18.9 Å². The summed E-state index contributed by atoms with van der Waals surface area (Å²) >= 11 is 0. The van der Waals surface area contributed by atoms with Crippen molar-refractivity contribution in [2.75, 3.05) is 6.61 Å². The summed E-state index contributed by atoms with van der Waals surface area (Å²) in [5, 5.41) is 17.5. The van der Waals surface area contributed by atoms with Crippen LogP contribution in [0, 0.1) is 23.3 Å². The zero-order valence-electron chi connectivity index (χ0n) is 20.5. The number of nitrogens with zero attached hydrogens (tertiary/aromatic N) is 1.